The molecule has 0 amide bonds. The summed E-state index contributed by atoms with van der Waals surface area (Å²) in [5.41, 5.74) is 3.30. The minimum atomic E-state index is -4.31. The molecule has 17 heavy (non-hydrogen) atoms. The van der Waals surface area contributed by atoms with Crippen molar-refractivity contribution in [2.24, 2.45) is 12.9 Å². The van der Waals surface area contributed by atoms with E-state index in [0.717, 1.165) is 5.56 Å². The smallest absolute Gasteiger partial charge is 0.370 e. The van der Waals surface area contributed by atoms with Crippen LogP contribution in [0.15, 0.2) is 12.4 Å². The zero-order valence-corrected chi connectivity index (χ0v) is 9.37. The number of halogens is 3. The first-order chi connectivity index (χ1) is 7.90. The van der Waals surface area contributed by atoms with Gasteiger partial charge in [0.25, 0.3) is 0 Å². The molecule has 0 aromatic carbocycles. The third-order valence-electron chi connectivity index (χ3n) is 2.06. The first kappa shape index (κ1) is 13.9. The largest absolute Gasteiger partial charge is 0.411 e. The van der Waals surface area contributed by atoms with Gasteiger partial charge < -0.3 is 4.74 Å². The maximum absolute atomic E-state index is 11.9. The summed E-state index contributed by atoms with van der Waals surface area (Å²) in [5, 5.41) is 3.95. The maximum atomic E-state index is 11.9. The predicted molar refractivity (Wildman–Crippen MR) is 54.9 cm³/mol. The zero-order chi connectivity index (χ0) is 12.9. The Balaban J connectivity index is 2.34. The molecule has 0 aliphatic rings. The number of alkyl halides is 3. The molecule has 3 N–H and O–H groups in total. The Labute approximate surface area is 96.7 Å². The molecule has 1 aromatic rings. The van der Waals surface area contributed by atoms with Crippen molar-refractivity contribution >= 4 is 0 Å². The van der Waals surface area contributed by atoms with Gasteiger partial charge in [0.2, 0.25) is 0 Å². The van der Waals surface area contributed by atoms with E-state index in [1.54, 1.807) is 24.1 Å². The first-order valence-electron chi connectivity index (χ1n) is 4.99. The summed E-state index contributed by atoms with van der Waals surface area (Å²) in [6.07, 6.45) is -0.447. The molecule has 0 saturated heterocycles. The van der Waals surface area contributed by atoms with Crippen LogP contribution in [0.3, 0.4) is 0 Å². The van der Waals surface area contributed by atoms with Crippen molar-refractivity contribution in [3.8, 4) is 0 Å². The maximum Gasteiger partial charge on any atom is 0.411 e. The average Bonchev–Trinajstić information content (AvgIpc) is 2.60. The van der Waals surface area contributed by atoms with Gasteiger partial charge in [0.15, 0.2) is 0 Å². The summed E-state index contributed by atoms with van der Waals surface area (Å²) in [5.74, 6) is 5.24. The van der Waals surface area contributed by atoms with Gasteiger partial charge in [0.1, 0.15) is 6.61 Å². The Hall–Kier alpha value is -1.12. The van der Waals surface area contributed by atoms with E-state index in [9.17, 15) is 13.2 Å². The molecule has 8 heteroatoms. The molecule has 0 bridgehead atoms. The molecule has 0 saturated carbocycles. The van der Waals surface area contributed by atoms with E-state index < -0.39 is 12.8 Å². The van der Waals surface area contributed by atoms with Gasteiger partial charge >= 0.3 is 6.18 Å². The van der Waals surface area contributed by atoms with Gasteiger partial charge in [-0.2, -0.15) is 18.3 Å². The molecule has 5 nitrogen and oxygen atoms in total. The number of nitrogens with zero attached hydrogens (tertiary/aromatic N) is 2. The molecular formula is C9H15F3N4O. The molecule has 0 aliphatic heterocycles. The average molecular weight is 252 g/mol. The van der Waals surface area contributed by atoms with Crippen molar-refractivity contribution in [1.82, 2.24) is 15.2 Å². The molecule has 1 unspecified atom stereocenters. The first-order valence-corrected chi connectivity index (χ1v) is 4.99. The van der Waals surface area contributed by atoms with Crippen LogP contribution in [0.5, 0.6) is 0 Å². The number of aromatic nitrogens is 2. The monoisotopic (exact) mass is 252 g/mol. The minimum Gasteiger partial charge on any atom is -0.370 e. The van der Waals surface area contributed by atoms with Crippen LogP contribution >= 0.6 is 0 Å². The molecular weight excluding hydrogens is 237 g/mol. The lowest BCUT2D eigenvalue weighted by molar-refractivity contribution is -0.175. The fourth-order valence-electron chi connectivity index (χ4n) is 1.34. The van der Waals surface area contributed by atoms with Crippen LogP contribution in [0, 0.1) is 0 Å². The van der Waals surface area contributed by atoms with Gasteiger partial charge in [-0.15, -0.1) is 0 Å². The molecule has 0 aliphatic carbocycles. The number of aryl methyl sites for hydroxylation is 1. The molecule has 1 aromatic heterocycles. The Morgan fingerprint density at radius 3 is 2.76 bits per heavy atom. The Kier molecular flexibility index (Phi) is 4.91. The van der Waals surface area contributed by atoms with Crippen LogP contribution in [0.25, 0.3) is 0 Å². The van der Waals surface area contributed by atoms with Crippen molar-refractivity contribution in [1.29, 1.82) is 0 Å². The second-order valence-corrected chi connectivity index (χ2v) is 3.72. The minimum absolute atomic E-state index is 0.106. The molecule has 0 spiro atoms. The lowest BCUT2D eigenvalue weighted by Crippen LogP contribution is -2.41. The van der Waals surface area contributed by atoms with Crippen molar-refractivity contribution < 1.29 is 17.9 Å². The lowest BCUT2D eigenvalue weighted by Gasteiger charge is -2.15. The van der Waals surface area contributed by atoms with Crippen LogP contribution in [0.1, 0.15) is 5.56 Å². The van der Waals surface area contributed by atoms with Crippen molar-refractivity contribution in [2.75, 3.05) is 13.2 Å². The molecule has 0 radical (unpaired) electrons. The van der Waals surface area contributed by atoms with Gasteiger partial charge in [0, 0.05) is 19.3 Å². The topological polar surface area (TPSA) is 65.1 Å². The number of hydrazine groups is 1. The summed E-state index contributed by atoms with van der Waals surface area (Å²) in [6.45, 7) is -1.37. The highest BCUT2D eigenvalue weighted by molar-refractivity contribution is 5.05. The SMILES string of the molecule is Cn1cc(CC(COCC(F)(F)F)NN)cn1. The highest BCUT2D eigenvalue weighted by Crippen LogP contribution is 2.14. The molecule has 1 atom stereocenters. The third-order valence-corrected chi connectivity index (χ3v) is 2.06. The molecule has 98 valence electrons. The van der Waals surface area contributed by atoms with Gasteiger partial charge in [-0.3, -0.25) is 16.0 Å². The van der Waals surface area contributed by atoms with Crippen LogP contribution in [-0.2, 0) is 18.2 Å². The van der Waals surface area contributed by atoms with Crippen LogP contribution in [-0.4, -0.2) is 35.2 Å². The number of hydrogen-bond acceptors (Lipinski definition) is 4. The summed E-state index contributed by atoms with van der Waals surface area (Å²) < 4.78 is 41.7. The van der Waals surface area contributed by atoms with E-state index in [1.807, 2.05) is 0 Å². The van der Waals surface area contributed by atoms with E-state index in [1.165, 1.54) is 0 Å². The summed E-state index contributed by atoms with van der Waals surface area (Å²) in [4.78, 5) is 0. The quantitative estimate of drug-likeness (QED) is 0.567. The van der Waals surface area contributed by atoms with Crippen LogP contribution < -0.4 is 11.3 Å². The van der Waals surface area contributed by atoms with E-state index in [2.05, 4.69) is 15.3 Å². The van der Waals surface area contributed by atoms with Gasteiger partial charge in [0.05, 0.1) is 12.8 Å². The second-order valence-electron chi connectivity index (χ2n) is 3.72. The summed E-state index contributed by atoms with van der Waals surface area (Å²) in [7, 11) is 1.76. The molecule has 1 rings (SSSR count). The lowest BCUT2D eigenvalue weighted by atomic mass is 10.1. The van der Waals surface area contributed by atoms with Gasteiger partial charge in [-0.05, 0) is 12.0 Å². The Morgan fingerprint density at radius 2 is 2.29 bits per heavy atom. The zero-order valence-electron chi connectivity index (χ0n) is 9.37. The van der Waals surface area contributed by atoms with Gasteiger partial charge in [-0.1, -0.05) is 0 Å². The highest BCUT2D eigenvalue weighted by Gasteiger charge is 2.27. The van der Waals surface area contributed by atoms with Crippen molar-refractivity contribution in [3.05, 3.63) is 18.0 Å². The molecule has 1 heterocycles. The number of nitrogens with two attached hydrogens (primary N) is 1. The fourth-order valence-corrected chi connectivity index (χ4v) is 1.34. The van der Waals surface area contributed by atoms with E-state index in [-0.39, 0.29) is 12.6 Å². The van der Waals surface area contributed by atoms with Crippen LogP contribution in [0.4, 0.5) is 13.2 Å². The van der Waals surface area contributed by atoms with E-state index in [4.69, 9.17) is 5.84 Å². The van der Waals surface area contributed by atoms with Crippen LogP contribution in [0.2, 0.25) is 0 Å². The van der Waals surface area contributed by atoms with E-state index >= 15 is 0 Å². The predicted octanol–water partition coefficient (Wildman–Crippen LogP) is 0.373. The van der Waals surface area contributed by atoms with Crippen molar-refractivity contribution in [3.63, 3.8) is 0 Å². The normalized spacial score (nSPS) is 13.9. The van der Waals surface area contributed by atoms with Gasteiger partial charge in [-0.25, -0.2) is 0 Å². The second kappa shape index (κ2) is 5.99. The Bertz CT molecular complexity index is 339. The number of hydrogen-bond donors (Lipinski definition) is 2. The summed E-state index contributed by atoms with van der Waals surface area (Å²) >= 11 is 0. The fraction of sp³-hybridized carbons (Fsp3) is 0.667. The molecule has 0 fully saturated rings. The standard InChI is InChI=1S/C9H15F3N4O/c1-16-4-7(3-14-16)2-8(15-13)5-17-6-9(10,11)12/h3-4,8,15H,2,5-6,13H2,1H3. The summed E-state index contributed by atoms with van der Waals surface area (Å²) in [6, 6.07) is -0.374. The highest BCUT2D eigenvalue weighted by atomic mass is 19.4. The number of nitrogens with one attached hydrogen (secondary N) is 1. The van der Waals surface area contributed by atoms with Crippen molar-refractivity contribution in [2.45, 2.75) is 18.6 Å². The third kappa shape index (κ3) is 5.66. The Morgan fingerprint density at radius 1 is 1.59 bits per heavy atom. The number of ether oxygens (including phenoxy) is 1. The van der Waals surface area contributed by atoms with E-state index in [0.29, 0.717) is 6.42 Å². The number of rotatable bonds is 6.